The van der Waals surface area contributed by atoms with Gasteiger partial charge in [0.2, 0.25) is 11.8 Å². The van der Waals surface area contributed by atoms with Crippen molar-refractivity contribution in [2.45, 2.75) is 82.6 Å². The van der Waals surface area contributed by atoms with E-state index in [-0.39, 0.29) is 41.1 Å². The summed E-state index contributed by atoms with van der Waals surface area (Å²) in [4.78, 5) is 50.4. The highest BCUT2D eigenvalue weighted by molar-refractivity contribution is 8.23. The molecular formula is C32H41N3O7S2Si. The van der Waals surface area contributed by atoms with Crippen molar-refractivity contribution in [3.63, 3.8) is 0 Å². The third-order valence-corrected chi connectivity index (χ3v) is 16.1. The number of hydrogen-bond acceptors (Lipinski definition) is 8. The summed E-state index contributed by atoms with van der Waals surface area (Å²) in [5.74, 6) is -1.97. The molecule has 0 spiro atoms. The molecule has 2 aliphatic heterocycles. The number of amides is 2. The number of aliphatic carboxylic acids is 1. The van der Waals surface area contributed by atoms with Crippen molar-refractivity contribution in [1.29, 1.82) is 0 Å². The maximum absolute atomic E-state index is 14.0. The summed E-state index contributed by atoms with van der Waals surface area (Å²) in [6.45, 7) is 13.0. The fraction of sp³-hybridized carbons (Fsp3) is 0.469. The van der Waals surface area contributed by atoms with E-state index < -0.39 is 36.1 Å². The van der Waals surface area contributed by atoms with Gasteiger partial charge in [-0.3, -0.25) is 24.6 Å². The molecule has 10 nitrogen and oxygen atoms in total. The van der Waals surface area contributed by atoms with Crippen molar-refractivity contribution < 1.29 is 28.8 Å². The highest BCUT2D eigenvalue weighted by Crippen LogP contribution is 2.63. The molecule has 4 rings (SSSR count). The topological polar surface area (TPSA) is 139 Å². The molecule has 2 N–H and O–H groups in total. The zero-order chi connectivity index (χ0) is 33.2. The number of rotatable bonds is 14. The number of hydrogen-bond donors (Lipinski definition) is 2. The zero-order valence-corrected chi connectivity index (χ0v) is 29.1. The van der Waals surface area contributed by atoms with Crippen molar-refractivity contribution in [3.8, 4) is 0 Å². The zero-order valence-electron chi connectivity index (χ0n) is 26.5. The van der Waals surface area contributed by atoms with Crippen molar-refractivity contribution in [2.24, 2.45) is 5.92 Å². The molecule has 3 atom stereocenters. The highest BCUT2D eigenvalue weighted by Gasteiger charge is 2.69. The molecule has 0 unspecified atom stereocenters. The number of nitrogens with zero attached hydrogens (tertiary/aromatic N) is 2. The first-order valence-corrected chi connectivity index (χ1v) is 19.7. The van der Waals surface area contributed by atoms with E-state index in [1.54, 1.807) is 12.1 Å². The number of nitro groups is 1. The number of benzene rings is 2. The summed E-state index contributed by atoms with van der Waals surface area (Å²) in [6.07, 6.45) is 0.573. The molecule has 1 saturated heterocycles. The van der Waals surface area contributed by atoms with Crippen LogP contribution >= 0.6 is 23.5 Å². The first-order valence-electron chi connectivity index (χ1n) is 15.0. The molecule has 2 aliphatic rings. The Bertz CT molecular complexity index is 1480. The highest BCUT2D eigenvalue weighted by atomic mass is 32.2. The van der Waals surface area contributed by atoms with Gasteiger partial charge in [0.05, 0.1) is 21.2 Å². The van der Waals surface area contributed by atoms with Crippen molar-refractivity contribution in [2.75, 3.05) is 5.75 Å². The number of nitro benzene ring substituents is 1. The van der Waals surface area contributed by atoms with E-state index in [2.05, 4.69) is 39.2 Å². The number of thioether (sulfide) groups is 2. The maximum Gasteiger partial charge on any atom is 0.354 e. The molecule has 2 amide bonds. The van der Waals surface area contributed by atoms with Crippen LogP contribution in [0.4, 0.5) is 5.69 Å². The van der Waals surface area contributed by atoms with Crippen LogP contribution in [0.5, 0.6) is 0 Å². The smallest absolute Gasteiger partial charge is 0.354 e. The van der Waals surface area contributed by atoms with Gasteiger partial charge in [0, 0.05) is 37.3 Å². The Kier molecular flexibility index (Phi) is 10.6. The molecule has 45 heavy (non-hydrogen) atoms. The van der Waals surface area contributed by atoms with Crippen LogP contribution in [0.3, 0.4) is 0 Å². The molecule has 2 heterocycles. The van der Waals surface area contributed by atoms with E-state index in [0.717, 1.165) is 11.1 Å². The molecule has 0 aromatic heterocycles. The minimum absolute atomic E-state index is 0.0488. The van der Waals surface area contributed by atoms with E-state index in [9.17, 15) is 29.6 Å². The fourth-order valence-corrected chi connectivity index (χ4v) is 9.95. The minimum atomic E-state index is -2.31. The maximum atomic E-state index is 14.0. The van der Waals surface area contributed by atoms with Crippen LogP contribution in [0.2, 0.25) is 18.1 Å². The summed E-state index contributed by atoms with van der Waals surface area (Å²) in [6, 6.07) is 15.7. The average Bonchev–Trinajstić information content (AvgIpc) is 3.25. The molecule has 0 saturated carbocycles. The van der Waals surface area contributed by atoms with Crippen molar-refractivity contribution in [1.82, 2.24) is 10.2 Å². The lowest BCUT2D eigenvalue weighted by atomic mass is 9.77. The van der Waals surface area contributed by atoms with Gasteiger partial charge in [-0.25, -0.2) is 4.79 Å². The number of carbonyl (C=O) groups excluding carboxylic acids is 2. The summed E-state index contributed by atoms with van der Waals surface area (Å²) in [5.41, 5.74) is 1.59. The van der Waals surface area contributed by atoms with Crippen molar-refractivity contribution in [3.05, 3.63) is 85.8 Å². The van der Waals surface area contributed by atoms with Gasteiger partial charge in [-0.2, -0.15) is 0 Å². The molecule has 0 bridgehead atoms. The Morgan fingerprint density at radius 2 is 1.80 bits per heavy atom. The number of β-lactam (4-membered cyclic amide) rings is 1. The van der Waals surface area contributed by atoms with Gasteiger partial charge >= 0.3 is 5.97 Å². The summed E-state index contributed by atoms with van der Waals surface area (Å²) >= 11 is 2.60. The monoisotopic (exact) mass is 671 g/mol. The lowest BCUT2D eigenvalue weighted by Crippen LogP contribution is -2.72. The van der Waals surface area contributed by atoms with E-state index in [0.29, 0.717) is 23.0 Å². The van der Waals surface area contributed by atoms with Gasteiger partial charge in [-0.1, -0.05) is 81.9 Å². The Morgan fingerprint density at radius 1 is 1.16 bits per heavy atom. The normalized spacial score (nSPS) is 20.4. The lowest BCUT2D eigenvalue weighted by molar-refractivity contribution is -0.384. The fourth-order valence-electron chi connectivity index (χ4n) is 5.35. The molecule has 1 fully saturated rings. The molecule has 0 radical (unpaired) electrons. The number of carboxylic acid groups (broad SMARTS) is 1. The predicted octanol–water partition coefficient (Wildman–Crippen LogP) is 6.53. The second-order valence-electron chi connectivity index (χ2n) is 12.8. The Balaban J connectivity index is 1.60. The van der Waals surface area contributed by atoms with Crippen LogP contribution in [0.15, 0.2) is 64.5 Å². The van der Waals surface area contributed by atoms with Gasteiger partial charge in [0.15, 0.2) is 14.0 Å². The van der Waals surface area contributed by atoms with Crippen molar-refractivity contribution >= 4 is 55.3 Å². The molecule has 242 valence electrons. The molecular weight excluding hydrogens is 631 g/mol. The van der Waals surface area contributed by atoms with Crippen LogP contribution < -0.4 is 5.32 Å². The summed E-state index contributed by atoms with van der Waals surface area (Å²) in [5, 5.41) is 24.4. The van der Waals surface area contributed by atoms with Crippen LogP contribution in [0.25, 0.3) is 0 Å². The van der Waals surface area contributed by atoms with Gasteiger partial charge in [0.25, 0.3) is 5.69 Å². The minimum Gasteiger partial charge on any atom is -0.477 e. The van der Waals surface area contributed by atoms with E-state index in [1.807, 2.05) is 37.3 Å². The predicted molar refractivity (Wildman–Crippen MR) is 180 cm³/mol. The first kappa shape index (κ1) is 34.7. The number of fused-ring (bicyclic) bond motifs is 1. The SMILES string of the molecule is CC[C@H](O[Si](C)(C)C(C)(C)C)[C@@H]1C(=O)N2C(C(=O)O)=C(SCCC(=O)NCc3ccccc3)S[C@]12Cc1ccc([N+](=O)[O-])cc1. The number of carbonyl (C=O) groups is 3. The number of carboxylic acids is 1. The lowest BCUT2D eigenvalue weighted by Gasteiger charge is -2.56. The first-order chi connectivity index (χ1) is 21.1. The molecule has 13 heteroatoms. The van der Waals surface area contributed by atoms with E-state index >= 15 is 0 Å². The third-order valence-electron chi connectivity index (χ3n) is 8.77. The van der Waals surface area contributed by atoms with Gasteiger partial charge in [-0.05, 0) is 35.7 Å². The quantitative estimate of drug-likeness (QED) is 0.0993. The van der Waals surface area contributed by atoms with Crippen LogP contribution in [0, 0.1) is 16.0 Å². The van der Waals surface area contributed by atoms with E-state index in [4.69, 9.17) is 4.43 Å². The second kappa shape index (κ2) is 13.7. The second-order valence-corrected chi connectivity index (χ2v) is 20.3. The Hall–Kier alpha value is -3.13. The number of non-ortho nitro benzene ring substituents is 1. The molecule has 2 aromatic carbocycles. The summed E-state index contributed by atoms with van der Waals surface area (Å²) in [7, 11) is -2.31. The van der Waals surface area contributed by atoms with Crippen LogP contribution in [-0.2, 0) is 31.8 Å². The Morgan fingerprint density at radius 3 is 2.36 bits per heavy atom. The van der Waals surface area contributed by atoms with Gasteiger partial charge in [-0.15, -0.1) is 11.8 Å². The number of nitrogens with one attached hydrogen (secondary N) is 1. The third kappa shape index (κ3) is 7.31. The average molecular weight is 672 g/mol. The van der Waals surface area contributed by atoms with Gasteiger partial charge < -0.3 is 14.8 Å². The Labute approximate surface area is 273 Å². The van der Waals surface area contributed by atoms with E-state index in [1.165, 1.54) is 40.6 Å². The largest absolute Gasteiger partial charge is 0.477 e. The molecule has 2 aromatic rings. The van der Waals surface area contributed by atoms with Crippen LogP contribution in [-0.4, -0.2) is 57.8 Å². The summed E-state index contributed by atoms with van der Waals surface area (Å²) < 4.78 is 7.29. The van der Waals surface area contributed by atoms with Gasteiger partial charge in [0.1, 0.15) is 4.87 Å². The standard InChI is InChI=1S/C32H41N3O7S2Si/c1-7-24(42-45(5,6)31(2,3)4)26-28(37)34-27(29(38)39)30(43-18-17-25(36)33-20-22-11-9-8-10-12-22)44-32(26,34)19-21-13-15-23(16-14-21)35(40)41/h8-16,24,26H,7,17-20H2,1-6H3,(H,33,36)(H,38,39)/t24-,26+,32+/m0/s1. The van der Waals surface area contributed by atoms with Crippen LogP contribution in [0.1, 0.15) is 51.7 Å². The molecule has 0 aliphatic carbocycles.